The Kier molecular flexibility index (Phi) is 6.19. The molecule has 130 valence electrons. The molecule has 1 aromatic carbocycles. The van der Waals surface area contributed by atoms with Crippen molar-refractivity contribution in [2.75, 3.05) is 12.9 Å². The summed E-state index contributed by atoms with van der Waals surface area (Å²) in [6, 6.07) is 5.91. The number of ether oxygens (including phenoxy) is 1. The number of methoxy groups -OCH3 is 1. The van der Waals surface area contributed by atoms with Crippen molar-refractivity contribution in [2.45, 2.75) is 38.9 Å². The smallest absolute Gasteiger partial charge is 0.230 e. The summed E-state index contributed by atoms with van der Waals surface area (Å²) in [6.45, 7) is 8.13. The predicted octanol–water partition coefficient (Wildman–Crippen LogP) is 2.23. The average Bonchev–Trinajstić information content (AvgIpc) is 3.01. The van der Waals surface area contributed by atoms with Gasteiger partial charge >= 0.3 is 0 Å². The Hall–Kier alpha value is -2.09. The molecular weight excluding hydrogens is 326 g/mol. The summed E-state index contributed by atoms with van der Waals surface area (Å²) in [5, 5.41) is 15.3. The number of aryl methyl sites for hydroxylation is 1. The van der Waals surface area contributed by atoms with Crippen molar-refractivity contribution in [1.29, 1.82) is 0 Å². The molecule has 0 saturated carbocycles. The molecule has 2 rings (SSSR count). The van der Waals surface area contributed by atoms with Gasteiger partial charge in [-0.2, -0.15) is 4.68 Å². The van der Waals surface area contributed by atoms with Crippen LogP contribution in [0.5, 0.6) is 5.75 Å². The van der Waals surface area contributed by atoms with E-state index in [1.54, 1.807) is 11.8 Å². The van der Waals surface area contributed by atoms with Gasteiger partial charge in [-0.25, -0.2) is 0 Å². The highest BCUT2D eigenvalue weighted by atomic mass is 32.2. The fourth-order valence-electron chi connectivity index (χ4n) is 1.98. The topological polar surface area (TPSA) is 81.9 Å². The zero-order valence-electron chi connectivity index (χ0n) is 14.6. The molecule has 0 aliphatic rings. The molecule has 0 fully saturated rings. The quantitative estimate of drug-likeness (QED) is 0.772. The van der Waals surface area contributed by atoms with E-state index in [1.165, 1.54) is 11.8 Å². The van der Waals surface area contributed by atoms with E-state index < -0.39 is 0 Å². The van der Waals surface area contributed by atoms with E-state index in [0.29, 0.717) is 16.8 Å². The molecule has 0 bridgehead atoms. The molecule has 0 aliphatic carbocycles. The van der Waals surface area contributed by atoms with Crippen molar-refractivity contribution < 1.29 is 9.53 Å². The number of hydrogen-bond donors (Lipinski definition) is 1. The molecule has 1 unspecified atom stereocenters. The van der Waals surface area contributed by atoms with Crippen LogP contribution in [-0.2, 0) is 4.79 Å². The van der Waals surface area contributed by atoms with Gasteiger partial charge in [0.05, 0.1) is 12.9 Å². The van der Waals surface area contributed by atoms with Gasteiger partial charge in [-0.1, -0.05) is 31.7 Å². The number of carbonyl (C=O) groups excluding carboxylic acids is 1. The van der Waals surface area contributed by atoms with Gasteiger partial charge in [-0.05, 0) is 47.9 Å². The number of hydrogen-bond acceptors (Lipinski definition) is 6. The fourth-order valence-corrected chi connectivity index (χ4v) is 2.67. The maximum Gasteiger partial charge on any atom is 0.230 e. The van der Waals surface area contributed by atoms with Crippen LogP contribution in [0.4, 0.5) is 0 Å². The van der Waals surface area contributed by atoms with Gasteiger partial charge in [0.15, 0.2) is 0 Å². The largest absolute Gasteiger partial charge is 0.494 e. The van der Waals surface area contributed by atoms with Crippen LogP contribution in [0.25, 0.3) is 5.69 Å². The third-order valence-corrected chi connectivity index (χ3v) is 4.64. The fraction of sp³-hybridized carbons (Fsp3) is 0.500. The van der Waals surface area contributed by atoms with Gasteiger partial charge in [0.2, 0.25) is 11.1 Å². The minimum Gasteiger partial charge on any atom is -0.494 e. The number of thioether (sulfide) groups is 1. The zero-order chi connectivity index (χ0) is 17.7. The van der Waals surface area contributed by atoms with Gasteiger partial charge < -0.3 is 10.1 Å². The summed E-state index contributed by atoms with van der Waals surface area (Å²) in [7, 11) is 1.60. The first kappa shape index (κ1) is 18.3. The van der Waals surface area contributed by atoms with Crippen LogP contribution in [0, 0.1) is 12.8 Å². The zero-order valence-corrected chi connectivity index (χ0v) is 15.4. The van der Waals surface area contributed by atoms with Crippen molar-refractivity contribution in [2.24, 2.45) is 5.92 Å². The Morgan fingerprint density at radius 1 is 1.38 bits per heavy atom. The molecule has 24 heavy (non-hydrogen) atoms. The molecule has 0 spiro atoms. The number of nitrogens with one attached hydrogen (secondary N) is 1. The average molecular weight is 349 g/mol. The second-order valence-electron chi connectivity index (χ2n) is 5.94. The van der Waals surface area contributed by atoms with E-state index in [-0.39, 0.29) is 17.7 Å². The third-order valence-electron chi connectivity index (χ3n) is 3.72. The maximum absolute atomic E-state index is 12.0. The SMILES string of the molecule is COc1ccc(C)cc1-n1nnnc1SCC(=O)NC(C)C(C)C. The molecule has 8 heteroatoms. The first-order valence-electron chi connectivity index (χ1n) is 7.78. The molecule has 1 amide bonds. The number of nitrogens with zero attached hydrogens (tertiary/aromatic N) is 4. The van der Waals surface area contributed by atoms with E-state index in [2.05, 4.69) is 34.7 Å². The minimum atomic E-state index is -0.0352. The number of carbonyl (C=O) groups is 1. The minimum absolute atomic E-state index is 0.0352. The van der Waals surface area contributed by atoms with Crippen LogP contribution >= 0.6 is 11.8 Å². The Morgan fingerprint density at radius 2 is 2.12 bits per heavy atom. The molecule has 7 nitrogen and oxygen atoms in total. The van der Waals surface area contributed by atoms with Gasteiger partial charge in [0, 0.05) is 6.04 Å². The first-order valence-corrected chi connectivity index (χ1v) is 8.76. The highest BCUT2D eigenvalue weighted by Crippen LogP contribution is 2.26. The molecular formula is C16H23N5O2S. The predicted molar refractivity (Wildman–Crippen MR) is 93.6 cm³/mol. The molecule has 1 N–H and O–H groups in total. The summed E-state index contributed by atoms with van der Waals surface area (Å²) < 4.78 is 6.97. The van der Waals surface area contributed by atoms with Gasteiger partial charge in [0.1, 0.15) is 11.4 Å². The normalized spacial score (nSPS) is 12.2. The lowest BCUT2D eigenvalue weighted by Gasteiger charge is -2.17. The van der Waals surface area contributed by atoms with Crippen molar-refractivity contribution >= 4 is 17.7 Å². The second-order valence-corrected chi connectivity index (χ2v) is 6.88. The maximum atomic E-state index is 12.0. The number of aromatic nitrogens is 4. The Labute approximate surface area is 146 Å². The van der Waals surface area contributed by atoms with Crippen LogP contribution in [0.2, 0.25) is 0 Å². The summed E-state index contributed by atoms with van der Waals surface area (Å²) >= 11 is 1.29. The van der Waals surface area contributed by atoms with Crippen molar-refractivity contribution in [3.8, 4) is 11.4 Å². The lowest BCUT2D eigenvalue weighted by molar-refractivity contribution is -0.119. The van der Waals surface area contributed by atoms with E-state index in [1.807, 2.05) is 32.0 Å². The van der Waals surface area contributed by atoms with Crippen LogP contribution in [0.3, 0.4) is 0 Å². The lowest BCUT2D eigenvalue weighted by Crippen LogP contribution is -2.37. The third kappa shape index (κ3) is 4.47. The number of tetrazole rings is 1. The number of rotatable bonds is 7. The number of benzene rings is 1. The summed E-state index contributed by atoms with van der Waals surface area (Å²) in [4.78, 5) is 12.0. The van der Waals surface area contributed by atoms with Crippen molar-refractivity contribution in [3.63, 3.8) is 0 Å². The Bertz CT molecular complexity index is 702. The highest BCUT2D eigenvalue weighted by Gasteiger charge is 2.16. The highest BCUT2D eigenvalue weighted by molar-refractivity contribution is 7.99. The molecule has 0 saturated heterocycles. The first-order chi connectivity index (χ1) is 11.4. The van der Waals surface area contributed by atoms with E-state index in [0.717, 1.165) is 11.3 Å². The number of amides is 1. The van der Waals surface area contributed by atoms with Crippen LogP contribution in [0.1, 0.15) is 26.3 Å². The summed E-state index contributed by atoms with van der Waals surface area (Å²) in [5.41, 5.74) is 1.82. The summed E-state index contributed by atoms with van der Waals surface area (Å²) in [6.07, 6.45) is 0. The molecule has 1 atom stereocenters. The van der Waals surface area contributed by atoms with Crippen molar-refractivity contribution in [3.05, 3.63) is 23.8 Å². The molecule has 1 aromatic heterocycles. The molecule has 0 radical (unpaired) electrons. The summed E-state index contributed by atoms with van der Waals surface area (Å²) in [5.74, 6) is 1.28. The van der Waals surface area contributed by atoms with Gasteiger partial charge in [0.25, 0.3) is 0 Å². The Morgan fingerprint density at radius 3 is 2.79 bits per heavy atom. The Balaban J connectivity index is 2.11. The van der Waals surface area contributed by atoms with Gasteiger partial charge in [-0.15, -0.1) is 5.10 Å². The van der Waals surface area contributed by atoms with E-state index >= 15 is 0 Å². The molecule has 1 heterocycles. The standard InChI is InChI=1S/C16H23N5O2S/c1-10(2)12(4)17-15(22)9-24-16-18-19-20-21(16)13-8-11(3)6-7-14(13)23-5/h6-8,10,12H,9H2,1-5H3,(H,17,22). The van der Waals surface area contributed by atoms with Gasteiger partial charge in [-0.3, -0.25) is 4.79 Å². The van der Waals surface area contributed by atoms with Crippen LogP contribution in [0.15, 0.2) is 23.4 Å². The van der Waals surface area contributed by atoms with Crippen molar-refractivity contribution in [1.82, 2.24) is 25.5 Å². The molecule has 0 aliphatic heterocycles. The lowest BCUT2D eigenvalue weighted by atomic mass is 10.1. The van der Waals surface area contributed by atoms with Crippen LogP contribution < -0.4 is 10.1 Å². The monoisotopic (exact) mass is 349 g/mol. The molecule has 2 aromatic rings. The second kappa shape index (κ2) is 8.14. The van der Waals surface area contributed by atoms with E-state index in [9.17, 15) is 4.79 Å². The van der Waals surface area contributed by atoms with Crippen LogP contribution in [-0.4, -0.2) is 45.0 Å². The van der Waals surface area contributed by atoms with E-state index in [4.69, 9.17) is 4.74 Å².